The summed E-state index contributed by atoms with van der Waals surface area (Å²) in [6, 6.07) is 0. The summed E-state index contributed by atoms with van der Waals surface area (Å²) in [6.07, 6.45) is 4.08. The fourth-order valence-electron chi connectivity index (χ4n) is 2.59. The van der Waals surface area contributed by atoms with Crippen molar-refractivity contribution in [2.45, 2.75) is 31.2 Å². The van der Waals surface area contributed by atoms with E-state index in [-0.39, 0.29) is 5.54 Å². The van der Waals surface area contributed by atoms with Crippen molar-refractivity contribution in [2.24, 2.45) is 0 Å². The van der Waals surface area contributed by atoms with Gasteiger partial charge in [-0.3, -0.25) is 4.79 Å². The van der Waals surface area contributed by atoms with Gasteiger partial charge < -0.3 is 9.80 Å². The summed E-state index contributed by atoms with van der Waals surface area (Å²) in [6.45, 7) is 2.22. The Hall–Kier alpha value is -0.570. The van der Waals surface area contributed by atoms with Crippen LogP contribution in [-0.4, -0.2) is 36.5 Å². The van der Waals surface area contributed by atoms with Crippen molar-refractivity contribution < 1.29 is 9.69 Å². The molecule has 2 saturated heterocycles. The summed E-state index contributed by atoms with van der Waals surface area (Å²) >= 11 is 0. The zero-order valence-corrected chi connectivity index (χ0v) is 8.31. The van der Waals surface area contributed by atoms with Crippen LogP contribution >= 0.6 is 0 Å². The van der Waals surface area contributed by atoms with Crippen LogP contribution in [0, 0.1) is 7.05 Å². The second-order valence-corrected chi connectivity index (χ2v) is 4.43. The molecule has 0 aromatic carbocycles. The van der Waals surface area contributed by atoms with E-state index in [1.54, 1.807) is 0 Å². The minimum Gasteiger partial charge on any atom is -0.468 e. The van der Waals surface area contributed by atoms with Gasteiger partial charge in [-0.1, -0.05) is 0 Å². The number of likely N-dealkylation sites (tertiary alicyclic amines) is 2. The number of hydrogen-bond donors (Lipinski definition) is 1. The second kappa shape index (κ2) is 2.98. The van der Waals surface area contributed by atoms with Gasteiger partial charge in [-0.15, -0.1) is 0 Å². The molecular formula is C10H18N2O. The van der Waals surface area contributed by atoms with Crippen molar-refractivity contribution >= 4 is 5.91 Å². The molecule has 74 valence electrons. The number of carbonyl (C=O) groups is 1. The molecule has 2 aliphatic rings. The standard InChI is InChI=1S/C10H18N2O/c1-11-7-5-10(6-8-11)4-3-9(13)12(10)2/h11H,1,3-8H2,2H3. The largest absolute Gasteiger partial charge is 0.468 e. The fraction of sp³-hybridized carbons (Fsp3) is 0.800. The predicted molar refractivity (Wildman–Crippen MR) is 50.0 cm³/mol. The maximum absolute atomic E-state index is 11.4. The molecule has 2 aliphatic heterocycles. The molecule has 0 aromatic heterocycles. The minimum absolute atomic E-state index is 0.207. The number of nitrogens with zero attached hydrogens (tertiary/aromatic N) is 1. The quantitative estimate of drug-likeness (QED) is 0.499. The number of amides is 1. The van der Waals surface area contributed by atoms with E-state index in [2.05, 4.69) is 7.05 Å². The topological polar surface area (TPSA) is 24.8 Å². The third kappa shape index (κ3) is 1.35. The van der Waals surface area contributed by atoms with Crippen molar-refractivity contribution in [1.82, 2.24) is 4.90 Å². The van der Waals surface area contributed by atoms with Crippen LogP contribution in [0.3, 0.4) is 0 Å². The molecule has 0 bridgehead atoms. The van der Waals surface area contributed by atoms with Gasteiger partial charge in [-0.05, 0) is 6.42 Å². The van der Waals surface area contributed by atoms with Gasteiger partial charge in [-0.2, -0.15) is 7.05 Å². The average Bonchev–Trinajstić information content (AvgIpc) is 2.40. The highest BCUT2D eigenvalue weighted by Gasteiger charge is 2.44. The van der Waals surface area contributed by atoms with Gasteiger partial charge in [-0.25, -0.2) is 0 Å². The molecular weight excluding hydrogens is 164 g/mol. The molecule has 2 heterocycles. The number of quaternary nitrogens is 1. The molecule has 0 unspecified atom stereocenters. The Kier molecular flexibility index (Phi) is 2.06. The maximum atomic E-state index is 11.4. The first-order chi connectivity index (χ1) is 6.14. The smallest absolute Gasteiger partial charge is 0.222 e. The van der Waals surface area contributed by atoms with E-state index in [0.29, 0.717) is 5.91 Å². The molecule has 1 amide bonds. The Morgan fingerprint density at radius 3 is 2.46 bits per heavy atom. The van der Waals surface area contributed by atoms with Crippen LogP contribution in [0.25, 0.3) is 0 Å². The number of hydrogen-bond acceptors (Lipinski definition) is 1. The second-order valence-electron chi connectivity index (χ2n) is 4.43. The highest BCUT2D eigenvalue weighted by molar-refractivity contribution is 5.79. The zero-order chi connectivity index (χ0) is 9.47. The molecule has 1 spiro atoms. The van der Waals surface area contributed by atoms with E-state index >= 15 is 0 Å². The Balaban J connectivity index is 2.09. The van der Waals surface area contributed by atoms with Crippen LogP contribution in [-0.2, 0) is 4.79 Å². The number of nitrogens with one attached hydrogen (secondary N) is 1. The van der Waals surface area contributed by atoms with E-state index in [9.17, 15) is 4.79 Å². The molecule has 2 rings (SSSR count). The van der Waals surface area contributed by atoms with Crippen molar-refractivity contribution in [2.75, 3.05) is 20.1 Å². The molecule has 0 saturated carbocycles. The van der Waals surface area contributed by atoms with Gasteiger partial charge in [0.25, 0.3) is 0 Å². The zero-order valence-electron chi connectivity index (χ0n) is 8.31. The van der Waals surface area contributed by atoms with Crippen LogP contribution in [0.2, 0.25) is 0 Å². The predicted octanol–water partition coefficient (Wildman–Crippen LogP) is -0.552. The monoisotopic (exact) mass is 182 g/mol. The molecule has 0 aliphatic carbocycles. The Labute approximate surface area is 79.7 Å². The Morgan fingerprint density at radius 1 is 1.38 bits per heavy atom. The molecule has 0 radical (unpaired) electrons. The molecule has 0 atom stereocenters. The van der Waals surface area contributed by atoms with Crippen LogP contribution in [0.15, 0.2) is 0 Å². The van der Waals surface area contributed by atoms with Gasteiger partial charge in [0.15, 0.2) is 0 Å². The van der Waals surface area contributed by atoms with Gasteiger partial charge in [0.1, 0.15) is 0 Å². The summed E-state index contributed by atoms with van der Waals surface area (Å²) in [5.41, 5.74) is 0.207. The first kappa shape index (κ1) is 9.00. The maximum Gasteiger partial charge on any atom is 0.222 e. The lowest BCUT2D eigenvalue weighted by Crippen LogP contribution is -3.08. The summed E-state index contributed by atoms with van der Waals surface area (Å²) < 4.78 is 0. The fourth-order valence-corrected chi connectivity index (χ4v) is 2.59. The highest BCUT2D eigenvalue weighted by atomic mass is 16.2. The van der Waals surface area contributed by atoms with Crippen LogP contribution in [0.4, 0.5) is 0 Å². The highest BCUT2D eigenvalue weighted by Crippen LogP contribution is 2.35. The van der Waals surface area contributed by atoms with Crippen molar-refractivity contribution in [3.63, 3.8) is 0 Å². The molecule has 13 heavy (non-hydrogen) atoms. The normalized spacial score (nSPS) is 40.3. The molecule has 1 N–H and O–H groups in total. The van der Waals surface area contributed by atoms with Gasteiger partial charge in [0.2, 0.25) is 5.91 Å². The van der Waals surface area contributed by atoms with Crippen LogP contribution < -0.4 is 4.90 Å². The number of rotatable bonds is 0. The molecule has 3 nitrogen and oxygen atoms in total. The van der Waals surface area contributed by atoms with E-state index in [4.69, 9.17) is 0 Å². The van der Waals surface area contributed by atoms with E-state index < -0.39 is 0 Å². The third-order valence-electron chi connectivity index (χ3n) is 3.78. The van der Waals surface area contributed by atoms with Crippen molar-refractivity contribution in [1.29, 1.82) is 0 Å². The summed E-state index contributed by atoms with van der Waals surface area (Å²) in [5.74, 6) is 0.326. The van der Waals surface area contributed by atoms with Gasteiger partial charge in [0.05, 0.1) is 18.6 Å². The van der Waals surface area contributed by atoms with E-state index in [0.717, 1.165) is 38.8 Å². The lowest BCUT2D eigenvalue weighted by Gasteiger charge is -2.42. The summed E-state index contributed by atoms with van der Waals surface area (Å²) in [5, 5.41) is 0. The number of piperidine rings is 1. The van der Waals surface area contributed by atoms with Crippen LogP contribution in [0.5, 0.6) is 0 Å². The van der Waals surface area contributed by atoms with Gasteiger partial charge >= 0.3 is 0 Å². The molecule has 3 heteroatoms. The SMILES string of the molecule is [CH2-][NH+]1CCC2(CCC(=O)N2C)CC1. The van der Waals surface area contributed by atoms with Crippen molar-refractivity contribution in [3.05, 3.63) is 7.05 Å². The van der Waals surface area contributed by atoms with Gasteiger partial charge in [0, 0.05) is 26.3 Å². The summed E-state index contributed by atoms with van der Waals surface area (Å²) in [7, 11) is 5.97. The van der Waals surface area contributed by atoms with E-state index in [1.165, 1.54) is 4.90 Å². The van der Waals surface area contributed by atoms with Crippen LogP contribution in [0.1, 0.15) is 25.7 Å². The first-order valence-electron chi connectivity index (χ1n) is 5.07. The average molecular weight is 182 g/mol. The lowest BCUT2D eigenvalue weighted by molar-refractivity contribution is -0.861. The summed E-state index contributed by atoms with van der Waals surface area (Å²) in [4.78, 5) is 14.8. The Morgan fingerprint density at radius 2 is 2.00 bits per heavy atom. The first-order valence-corrected chi connectivity index (χ1v) is 5.07. The van der Waals surface area contributed by atoms with Crippen molar-refractivity contribution in [3.8, 4) is 0 Å². The third-order valence-corrected chi connectivity index (χ3v) is 3.78. The molecule has 0 aromatic rings. The van der Waals surface area contributed by atoms with E-state index in [1.807, 2.05) is 11.9 Å². The Bertz CT molecular complexity index is 219. The molecule has 2 fully saturated rings. The number of carbonyl (C=O) groups excluding carboxylic acids is 1. The lowest BCUT2D eigenvalue weighted by atomic mass is 9.85. The minimum atomic E-state index is 0.207.